The second kappa shape index (κ2) is 7.35. The summed E-state index contributed by atoms with van der Waals surface area (Å²) in [6.45, 7) is 0. The summed E-state index contributed by atoms with van der Waals surface area (Å²) in [7, 11) is 0. The minimum absolute atomic E-state index is 0.0402. The minimum Gasteiger partial charge on any atom is -0.326 e. The Kier molecular flexibility index (Phi) is 5.20. The van der Waals surface area contributed by atoms with Crippen molar-refractivity contribution in [2.24, 2.45) is 0 Å². The van der Waals surface area contributed by atoms with E-state index in [4.69, 9.17) is 0 Å². The van der Waals surface area contributed by atoms with Gasteiger partial charge in [0, 0.05) is 16.6 Å². The fraction of sp³-hybridized carbons (Fsp3) is 0.0588. The first-order valence-corrected chi connectivity index (χ1v) is 8.93. The van der Waals surface area contributed by atoms with Gasteiger partial charge >= 0.3 is 0 Å². The molecule has 0 saturated carbocycles. The Morgan fingerprint density at radius 1 is 1.17 bits per heavy atom. The number of aromatic nitrogens is 1. The Morgan fingerprint density at radius 3 is 2.50 bits per heavy atom. The van der Waals surface area contributed by atoms with Crippen molar-refractivity contribution < 1.29 is 13.6 Å². The number of amides is 1. The summed E-state index contributed by atoms with van der Waals surface area (Å²) in [5, 5.41) is 5.12. The zero-order chi connectivity index (χ0) is 17.1. The molecule has 1 aromatic heterocycles. The van der Waals surface area contributed by atoms with Gasteiger partial charge in [-0.25, -0.2) is 13.8 Å². The molecule has 0 bridgehead atoms. The molecule has 1 heterocycles. The van der Waals surface area contributed by atoms with Crippen molar-refractivity contribution in [2.75, 3.05) is 5.32 Å². The molecule has 122 valence electrons. The molecule has 0 aliphatic carbocycles. The maximum Gasteiger partial charge on any atom is 0.230 e. The summed E-state index contributed by atoms with van der Waals surface area (Å²) in [6, 6.07) is 11.8. The predicted octanol–water partition coefficient (Wildman–Crippen LogP) is 4.87. The highest BCUT2D eigenvalue weighted by Crippen LogP contribution is 2.24. The van der Waals surface area contributed by atoms with E-state index in [1.165, 1.54) is 11.3 Å². The van der Waals surface area contributed by atoms with Gasteiger partial charge in [-0.2, -0.15) is 0 Å². The third-order valence-electron chi connectivity index (χ3n) is 3.18. The van der Waals surface area contributed by atoms with Crippen molar-refractivity contribution in [3.05, 3.63) is 68.7 Å². The quantitative estimate of drug-likeness (QED) is 0.450. The van der Waals surface area contributed by atoms with Crippen LogP contribution in [-0.2, 0) is 11.2 Å². The number of benzene rings is 2. The molecule has 24 heavy (non-hydrogen) atoms. The molecule has 3 rings (SSSR count). The van der Waals surface area contributed by atoms with Gasteiger partial charge in [0.05, 0.1) is 15.7 Å². The van der Waals surface area contributed by atoms with Crippen LogP contribution >= 0.6 is 33.9 Å². The number of hydrogen-bond donors (Lipinski definition) is 1. The fourth-order valence-electron chi connectivity index (χ4n) is 2.10. The molecule has 0 spiro atoms. The first kappa shape index (κ1) is 17.0. The highest BCUT2D eigenvalue weighted by molar-refractivity contribution is 14.1. The zero-order valence-corrected chi connectivity index (χ0v) is 15.2. The Labute approximate surface area is 154 Å². The summed E-state index contributed by atoms with van der Waals surface area (Å²) in [4.78, 5) is 16.5. The maximum atomic E-state index is 13.5. The van der Waals surface area contributed by atoms with Gasteiger partial charge in [0.25, 0.3) is 0 Å². The number of rotatable bonds is 4. The van der Waals surface area contributed by atoms with E-state index in [1.54, 1.807) is 28.0 Å². The van der Waals surface area contributed by atoms with Crippen molar-refractivity contribution in [3.63, 3.8) is 0 Å². The van der Waals surface area contributed by atoms with Gasteiger partial charge in [-0.15, -0.1) is 11.3 Å². The van der Waals surface area contributed by atoms with Crippen LogP contribution < -0.4 is 5.32 Å². The van der Waals surface area contributed by atoms with Crippen LogP contribution in [0.2, 0.25) is 0 Å². The molecule has 7 heteroatoms. The number of nitrogens with one attached hydrogen (secondary N) is 1. The molecule has 0 fully saturated rings. The monoisotopic (exact) mass is 456 g/mol. The van der Waals surface area contributed by atoms with Crippen molar-refractivity contribution in [1.29, 1.82) is 0 Å². The Morgan fingerprint density at radius 2 is 1.83 bits per heavy atom. The van der Waals surface area contributed by atoms with Gasteiger partial charge in [-0.1, -0.05) is 30.3 Å². The average Bonchev–Trinajstić information content (AvgIpc) is 3.01. The smallest absolute Gasteiger partial charge is 0.230 e. The molecule has 0 radical (unpaired) electrons. The van der Waals surface area contributed by atoms with Crippen molar-refractivity contribution >= 4 is 45.5 Å². The predicted molar refractivity (Wildman–Crippen MR) is 99.0 cm³/mol. The minimum atomic E-state index is -0.703. The van der Waals surface area contributed by atoms with Gasteiger partial charge in [0.2, 0.25) is 5.91 Å². The molecule has 2 aromatic carbocycles. The van der Waals surface area contributed by atoms with Crippen molar-refractivity contribution in [1.82, 2.24) is 4.98 Å². The van der Waals surface area contributed by atoms with E-state index in [1.807, 2.05) is 30.3 Å². The Hall–Kier alpha value is -1.87. The number of halogens is 3. The molecule has 0 aliphatic rings. The van der Waals surface area contributed by atoms with Crippen LogP contribution in [0, 0.1) is 15.2 Å². The lowest BCUT2D eigenvalue weighted by Gasteiger charge is -2.06. The van der Waals surface area contributed by atoms with Crippen LogP contribution in [0.25, 0.3) is 10.6 Å². The molecule has 1 amide bonds. The third-order valence-corrected chi connectivity index (χ3v) is 5.15. The van der Waals surface area contributed by atoms with E-state index in [2.05, 4.69) is 10.3 Å². The largest absolute Gasteiger partial charge is 0.326 e. The molecular weight excluding hydrogens is 445 g/mol. The van der Waals surface area contributed by atoms with E-state index in [0.717, 1.165) is 22.7 Å². The Bertz CT molecular complexity index is 860. The lowest BCUT2D eigenvalue weighted by atomic mass is 10.2. The van der Waals surface area contributed by atoms with E-state index in [-0.39, 0.29) is 21.6 Å². The topological polar surface area (TPSA) is 42.0 Å². The lowest BCUT2D eigenvalue weighted by Crippen LogP contribution is -2.15. The van der Waals surface area contributed by atoms with Crippen molar-refractivity contribution in [3.8, 4) is 10.6 Å². The summed E-state index contributed by atoms with van der Waals surface area (Å²) in [5.74, 6) is -1.78. The number of anilines is 1. The summed E-state index contributed by atoms with van der Waals surface area (Å²) in [5.41, 5.74) is 1.69. The van der Waals surface area contributed by atoms with E-state index < -0.39 is 11.6 Å². The summed E-state index contributed by atoms with van der Waals surface area (Å²) >= 11 is 3.02. The SMILES string of the molecule is O=C(Cc1csc(-c2ccccc2)n1)Nc1cc(F)c(I)c(F)c1. The van der Waals surface area contributed by atoms with E-state index >= 15 is 0 Å². The van der Waals surface area contributed by atoms with Crippen LogP contribution in [0.5, 0.6) is 0 Å². The lowest BCUT2D eigenvalue weighted by molar-refractivity contribution is -0.115. The average molecular weight is 456 g/mol. The first-order chi connectivity index (χ1) is 11.5. The van der Waals surface area contributed by atoms with Gasteiger partial charge in [-0.05, 0) is 34.7 Å². The molecule has 1 N–H and O–H groups in total. The van der Waals surface area contributed by atoms with Gasteiger partial charge in [0.15, 0.2) is 0 Å². The number of thiazole rings is 1. The standard InChI is InChI=1S/C17H11F2IN2OS/c18-13-6-11(7-14(19)16(13)20)21-15(23)8-12-9-24-17(22-12)10-4-2-1-3-5-10/h1-7,9H,8H2,(H,21,23). The van der Waals surface area contributed by atoms with Gasteiger partial charge in [-0.3, -0.25) is 4.79 Å². The second-order valence-electron chi connectivity index (χ2n) is 4.99. The van der Waals surface area contributed by atoms with Crippen LogP contribution in [0.3, 0.4) is 0 Å². The van der Waals surface area contributed by atoms with Gasteiger partial charge < -0.3 is 5.32 Å². The van der Waals surface area contributed by atoms with Crippen LogP contribution in [0.4, 0.5) is 14.5 Å². The molecule has 3 aromatic rings. The Balaban J connectivity index is 1.69. The molecule has 0 unspecified atom stereocenters. The molecular formula is C17H11F2IN2OS. The van der Waals surface area contributed by atoms with E-state index in [9.17, 15) is 13.6 Å². The highest BCUT2D eigenvalue weighted by Gasteiger charge is 2.12. The summed E-state index contributed by atoms with van der Waals surface area (Å²) in [6.07, 6.45) is 0.0402. The van der Waals surface area contributed by atoms with Crippen molar-refractivity contribution in [2.45, 2.75) is 6.42 Å². The third kappa shape index (κ3) is 3.96. The van der Waals surface area contributed by atoms with E-state index in [0.29, 0.717) is 5.69 Å². The number of hydrogen-bond acceptors (Lipinski definition) is 3. The van der Waals surface area contributed by atoms with Crippen LogP contribution in [-0.4, -0.2) is 10.9 Å². The summed E-state index contributed by atoms with van der Waals surface area (Å²) < 4.78 is 26.9. The normalized spacial score (nSPS) is 10.6. The van der Waals surface area contributed by atoms with Gasteiger partial charge in [0.1, 0.15) is 16.6 Å². The van der Waals surface area contributed by atoms with Crippen LogP contribution in [0.1, 0.15) is 5.69 Å². The fourth-order valence-corrected chi connectivity index (χ4v) is 3.24. The maximum absolute atomic E-state index is 13.5. The zero-order valence-electron chi connectivity index (χ0n) is 12.2. The highest BCUT2D eigenvalue weighted by atomic mass is 127. The molecule has 0 saturated heterocycles. The molecule has 0 aliphatic heterocycles. The molecule has 3 nitrogen and oxygen atoms in total. The molecule has 0 atom stereocenters. The second-order valence-corrected chi connectivity index (χ2v) is 6.93. The van der Waals surface area contributed by atoms with Crippen LogP contribution in [0.15, 0.2) is 47.8 Å². The first-order valence-electron chi connectivity index (χ1n) is 6.97. The number of nitrogens with zero attached hydrogens (tertiary/aromatic N) is 1. The number of carbonyl (C=O) groups excluding carboxylic acids is 1. The number of carbonyl (C=O) groups is 1.